The fourth-order valence-electron chi connectivity index (χ4n) is 4.53. The number of rotatable bonds is 9. The number of benzene rings is 1. The smallest absolute Gasteiger partial charge is 0.256 e. The molecule has 1 saturated heterocycles. The Hall–Kier alpha value is -2.93. The van der Waals surface area contributed by atoms with Crippen LogP contribution < -0.4 is 15.4 Å². The van der Waals surface area contributed by atoms with E-state index in [0.29, 0.717) is 22.8 Å². The summed E-state index contributed by atoms with van der Waals surface area (Å²) >= 11 is 6.16. The van der Waals surface area contributed by atoms with Gasteiger partial charge in [-0.05, 0) is 44.9 Å². The van der Waals surface area contributed by atoms with Crippen molar-refractivity contribution in [3.05, 3.63) is 52.3 Å². The minimum atomic E-state index is -3.64. The van der Waals surface area contributed by atoms with Gasteiger partial charge in [-0.2, -0.15) is 5.10 Å². The van der Waals surface area contributed by atoms with Crippen molar-refractivity contribution in [1.82, 2.24) is 19.5 Å². The number of aromatic nitrogens is 3. The number of sulfonamides is 1. The van der Waals surface area contributed by atoms with Crippen LogP contribution in [0.3, 0.4) is 0 Å². The van der Waals surface area contributed by atoms with Crippen molar-refractivity contribution >= 4 is 44.7 Å². The monoisotopic (exact) mass is 549 g/mol. The summed E-state index contributed by atoms with van der Waals surface area (Å²) in [6, 6.07) is 5.84. The highest BCUT2D eigenvalue weighted by atomic mass is 35.5. The Morgan fingerprint density at radius 1 is 1.38 bits per heavy atom. The number of carbonyl (C=O) groups excluding carboxylic acids is 1. The van der Waals surface area contributed by atoms with E-state index < -0.39 is 22.0 Å². The van der Waals surface area contributed by atoms with Gasteiger partial charge in [-0.25, -0.2) is 17.9 Å². The normalized spacial score (nSPS) is 16.8. The highest BCUT2D eigenvalue weighted by Gasteiger charge is 2.28. The highest BCUT2D eigenvalue weighted by molar-refractivity contribution is 7.92. The van der Waals surface area contributed by atoms with Gasteiger partial charge in [0, 0.05) is 55.1 Å². The molecular formula is C24H32ClN7O4S. The molecule has 2 aromatic heterocycles. The average molecular weight is 550 g/mol. The largest absolute Gasteiger partial charge is 0.396 e. The maximum absolute atomic E-state index is 13.7. The van der Waals surface area contributed by atoms with Gasteiger partial charge < -0.3 is 20.6 Å². The molecule has 0 bridgehead atoms. The van der Waals surface area contributed by atoms with E-state index in [1.807, 2.05) is 26.1 Å². The zero-order valence-corrected chi connectivity index (χ0v) is 22.6. The van der Waals surface area contributed by atoms with Crippen molar-refractivity contribution < 1.29 is 18.3 Å². The predicted molar refractivity (Wildman–Crippen MR) is 144 cm³/mol. The number of nitrogens with one attached hydrogen (secondary N) is 1. The quantitative estimate of drug-likeness (QED) is 0.368. The third-order valence-electron chi connectivity index (χ3n) is 6.37. The van der Waals surface area contributed by atoms with Gasteiger partial charge in [-0.1, -0.05) is 11.6 Å². The summed E-state index contributed by atoms with van der Waals surface area (Å²) in [6.07, 6.45) is 4.16. The minimum absolute atomic E-state index is 0.105. The number of hydrogen-bond donors (Lipinski definition) is 3. The van der Waals surface area contributed by atoms with E-state index in [0.717, 1.165) is 37.1 Å². The summed E-state index contributed by atoms with van der Waals surface area (Å²) < 4.78 is 27.9. The third-order valence-corrected chi connectivity index (χ3v) is 7.19. The molecule has 0 saturated carbocycles. The molecule has 0 spiro atoms. The van der Waals surface area contributed by atoms with Crippen LogP contribution in [0.5, 0.6) is 0 Å². The van der Waals surface area contributed by atoms with Crippen LogP contribution >= 0.6 is 11.6 Å². The molecule has 2 atom stereocenters. The fourth-order valence-corrected chi connectivity index (χ4v) is 5.28. The first-order valence-electron chi connectivity index (χ1n) is 12.0. The molecule has 1 aromatic carbocycles. The Kier molecular flexibility index (Phi) is 7.93. The molecule has 1 fully saturated rings. The number of aryl methyl sites for hydroxylation is 1. The van der Waals surface area contributed by atoms with Crippen molar-refractivity contribution in [3.8, 4) is 0 Å². The number of aliphatic hydroxyl groups is 1. The van der Waals surface area contributed by atoms with Crippen molar-refractivity contribution in [2.45, 2.75) is 38.8 Å². The first-order valence-corrected chi connectivity index (χ1v) is 14.3. The van der Waals surface area contributed by atoms with E-state index in [1.54, 1.807) is 9.42 Å². The number of carbonyl (C=O) groups is 1. The maximum atomic E-state index is 13.7. The lowest BCUT2D eigenvalue weighted by Gasteiger charge is -2.29. The second-order valence-electron chi connectivity index (χ2n) is 9.43. The summed E-state index contributed by atoms with van der Waals surface area (Å²) in [4.78, 5) is 22.3. The molecule has 0 aliphatic carbocycles. The van der Waals surface area contributed by atoms with Gasteiger partial charge in [0.05, 0.1) is 29.2 Å². The number of amides is 1. The van der Waals surface area contributed by atoms with Gasteiger partial charge in [0.25, 0.3) is 5.91 Å². The van der Waals surface area contributed by atoms with E-state index in [1.165, 1.54) is 18.2 Å². The number of hydrogen-bond acceptors (Lipinski definition) is 8. The SMILES string of the molecule is Cc1cn2nc([C@H](C)N(CCCO)C(=O)c3cc(Cl)ccc3NS(C)(=O)=O)cc2nc1N1CC[C@H](N)C1. The van der Waals surface area contributed by atoms with Crippen LogP contribution in [0.1, 0.15) is 47.4 Å². The lowest BCUT2D eigenvalue weighted by Crippen LogP contribution is -2.35. The van der Waals surface area contributed by atoms with Crippen LogP contribution in [0.25, 0.3) is 5.65 Å². The fraction of sp³-hybridized carbons (Fsp3) is 0.458. The van der Waals surface area contributed by atoms with E-state index in [9.17, 15) is 18.3 Å². The number of fused-ring (bicyclic) bond motifs is 1. The van der Waals surface area contributed by atoms with Gasteiger partial charge in [0.15, 0.2) is 5.65 Å². The van der Waals surface area contributed by atoms with Crippen molar-refractivity contribution in [2.75, 3.05) is 42.1 Å². The second kappa shape index (κ2) is 10.8. The Balaban J connectivity index is 1.69. The molecule has 37 heavy (non-hydrogen) atoms. The number of nitrogens with zero attached hydrogens (tertiary/aromatic N) is 5. The lowest BCUT2D eigenvalue weighted by molar-refractivity contribution is 0.0674. The molecule has 0 radical (unpaired) electrons. The molecule has 200 valence electrons. The third kappa shape index (κ3) is 6.15. The first-order chi connectivity index (χ1) is 17.5. The van der Waals surface area contributed by atoms with E-state index >= 15 is 0 Å². The molecule has 13 heteroatoms. The highest BCUT2D eigenvalue weighted by Crippen LogP contribution is 2.29. The first kappa shape index (κ1) is 27.1. The molecule has 1 aliphatic heterocycles. The summed E-state index contributed by atoms with van der Waals surface area (Å²) in [5, 5.41) is 14.4. The molecule has 4 rings (SSSR count). The molecule has 0 unspecified atom stereocenters. The Morgan fingerprint density at radius 2 is 2.14 bits per heavy atom. The van der Waals surface area contributed by atoms with Crippen molar-refractivity contribution in [3.63, 3.8) is 0 Å². The van der Waals surface area contributed by atoms with Crippen molar-refractivity contribution in [2.24, 2.45) is 5.73 Å². The standard InChI is InChI=1S/C24H32ClN7O4S/c1-15-13-32-22(27-23(15)30-9-7-18(26)14-30)12-21(28-32)16(2)31(8-4-10-33)24(34)19-11-17(25)5-6-20(19)29-37(3,35)36/h5-6,11-13,16,18,29,33H,4,7-10,14,26H2,1-3H3/t16-,18-/m0/s1. The Labute approximate surface area is 221 Å². The number of halogens is 1. The summed E-state index contributed by atoms with van der Waals surface area (Å²) in [7, 11) is -3.64. The number of aliphatic hydroxyl groups excluding tert-OH is 1. The van der Waals surface area contributed by atoms with Gasteiger partial charge >= 0.3 is 0 Å². The summed E-state index contributed by atoms with van der Waals surface area (Å²) in [5.74, 6) is 0.422. The van der Waals surface area contributed by atoms with Crippen LogP contribution in [0.2, 0.25) is 5.02 Å². The molecule has 1 aliphatic rings. The summed E-state index contributed by atoms with van der Waals surface area (Å²) in [6.45, 7) is 5.50. The Bertz CT molecular complexity index is 1410. The van der Waals surface area contributed by atoms with Gasteiger partial charge in [0.1, 0.15) is 5.82 Å². The molecular weight excluding hydrogens is 518 g/mol. The van der Waals surface area contributed by atoms with E-state index in [4.69, 9.17) is 22.3 Å². The number of nitrogens with two attached hydrogens (primary N) is 1. The van der Waals surface area contributed by atoms with Crippen LogP contribution in [0, 0.1) is 6.92 Å². The Morgan fingerprint density at radius 3 is 2.78 bits per heavy atom. The van der Waals surface area contributed by atoms with E-state index in [2.05, 4.69) is 14.7 Å². The number of anilines is 2. The molecule has 11 nitrogen and oxygen atoms in total. The molecule has 4 N–H and O–H groups in total. The lowest BCUT2D eigenvalue weighted by atomic mass is 10.1. The minimum Gasteiger partial charge on any atom is -0.396 e. The van der Waals surface area contributed by atoms with Gasteiger partial charge in [-0.15, -0.1) is 0 Å². The second-order valence-corrected chi connectivity index (χ2v) is 11.6. The molecule has 3 heterocycles. The van der Waals surface area contributed by atoms with Crippen LogP contribution in [-0.4, -0.2) is 77.5 Å². The van der Waals surface area contributed by atoms with Gasteiger partial charge in [-0.3, -0.25) is 9.52 Å². The zero-order chi connectivity index (χ0) is 26.9. The average Bonchev–Trinajstić information content (AvgIpc) is 3.44. The van der Waals surface area contributed by atoms with Crippen LogP contribution in [0.15, 0.2) is 30.5 Å². The topological polar surface area (TPSA) is 146 Å². The van der Waals surface area contributed by atoms with Crippen molar-refractivity contribution in [1.29, 1.82) is 0 Å². The van der Waals surface area contributed by atoms with E-state index in [-0.39, 0.29) is 30.4 Å². The van der Waals surface area contributed by atoms with Crippen LogP contribution in [0.4, 0.5) is 11.5 Å². The van der Waals surface area contributed by atoms with Gasteiger partial charge in [0.2, 0.25) is 10.0 Å². The summed E-state index contributed by atoms with van der Waals surface area (Å²) in [5.41, 5.74) is 8.52. The zero-order valence-electron chi connectivity index (χ0n) is 21.1. The molecule has 3 aromatic rings. The predicted octanol–water partition coefficient (Wildman–Crippen LogP) is 2.19. The molecule has 1 amide bonds. The van der Waals surface area contributed by atoms with Crippen LogP contribution in [-0.2, 0) is 10.0 Å². The maximum Gasteiger partial charge on any atom is 0.256 e.